The molecule has 6 nitrogen and oxygen atoms in total. The number of carbonyl (C=O) groups is 3. The monoisotopic (exact) mass is 342 g/mol. The minimum absolute atomic E-state index is 0.0861. The number of rotatable bonds is 3. The minimum atomic E-state index is -0.901. The molecule has 1 aliphatic carbocycles. The highest BCUT2D eigenvalue weighted by Crippen LogP contribution is 2.42. The quantitative estimate of drug-likeness (QED) is 0.913. The summed E-state index contributed by atoms with van der Waals surface area (Å²) in [4.78, 5) is 39.7. The molecule has 3 fully saturated rings. The van der Waals surface area contributed by atoms with Gasteiger partial charge in [0.25, 0.3) is 5.91 Å². The Morgan fingerprint density at radius 2 is 1.84 bits per heavy atom. The van der Waals surface area contributed by atoms with Crippen LogP contribution in [0.1, 0.15) is 42.5 Å². The van der Waals surface area contributed by atoms with E-state index >= 15 is 0 Å². The lowest BCUT2D eigenvalue weighted by molar-refractivity contribution is -0.142. The van der Waals surface area contributed by atoms with Crippen molar-refractivity contribution in [2.24, 2.45) is 11.8 Å². The Balaban J connectivity index is 1.54. The predicted molar refractivity (Wildman–Crippen MR) is 91.3 cm³/mol. The van der Waals surface area contributed by atoms with Crippen LogP contribution in [0.2, 0.25) is 0 Å². The number of hydrogen-bond acceptors (Lipinski definition) is 3. The van der Waals surface area contributed by atoms with E-state index in [1.165, 1.54) is 4.90 Å². The van der Waals surface area contributed by atoms with E-state index < -0.39 is 12.0 Å². The van der Waals surface area contributed by atoms with Gasteiger partial charge >= 0.3 is 5.97 Å². The number of carboxylic acids is 1. The number of carboxylic acid groups (broad SMARTS) is 1. The number of fused-ring (bicyclic) bond motifs is 1. The zero-order valence-electron chi connectivity index (χ0n) is 14.1. The average molecular weight is 342 g/mol. The number of aliphatic carboxylic acids is 1. The maximum atomic E-state index is 12.9. The molecule has 2 amide bonds. The second-order valence-electron chi connectivity index (χ2n) is 7.29. The van der Waals surface area contributed by atoms with Crippen LogP contribution in [0.15, 0.2) is 24.3 Å². The summed E-state index contributed by atoms with van der Waals surface area (Å²) in [6, 6.07) is 6.26. The van der Waals surface area contributed by atoms with E-state index in [4.69, 9.17) is 0 Å². The summed E-state index contributed by atoms with van der Waals surface area (Å²) in [6.07, 6.45) is 4.38. The molecule has 3 unspecified atom stereocenters. The molecule has 1 aromatic carbocycles. The Kier molecular flexibility index (Phi) is 3.98. The molecule has 3 aliphatic rings. The second kappa shape index (κ2) is 6.17. The van der Waals surface area contributed by atoms with E-state index in [9.17, 15) is 19.5 Å². The molecule has 0 radical (unpaired) electrons. The summed E-state index contributed by atoms with van der Waals surface area (Å²) in [6.45, 7) is 1.25. The molecule has 1 N–H and O–H groups in total. The lowest BCUT2D eigenvalue weighted by atomic mass is 9.94. The Bertz CT molecular complexity index is 715. The van der Waals surface area contributed by atoms with Crippen molar-refractivity contribution in [2.75, 3.05) is 18.0 Å². The van der Waals surface area contributed by atoms with Crippen molar-refractivity contribution in [1.82, 2.24) is 4.90 Å². The van der Waals surface area contributed by atoms with Crippen molar-refractivity contribution in [2.45, 2.75) is 38.1 Å². The molecule has 4 rings (SSSR count). The van der Waals surface area contributed by atoms with Gasteiger partial charge in [-0.3, -0.25) is 9.59 Å². The fourth-order valence-electron chi connectivity index (χ4n) is 4.70. The van der Waals surface area contributed by atoms with E-state index in [1.54, 1.807) is 29.2 Å². The summed E-state index contributed by atoms with van der Waals surface area (Å²) >= 11 is 0. The third-order valence-electron chi connectivity index (χ3n) is 5.90. The van der Waals surface area contributed by atoms with Gasteiger partial charge in [0, 0.05) is 30.8 Å². The smallest absolute Gasteiger partial charge is 0.326 e. The number of amides is 2. The molecule has 1 saturated carbocycles. The maximum Gasteiger partial charge on any atom is 0.326 e. The fraction of sp³-hybridized carbons (Fsp3) is 0.526. The van der Waals surface area contributed by atoms with Crippen LogP contribution in [0.4, 0.5) is 5.69 Å². The van der Waals surface area contributed by atoms with Crippen LogP contribution in [0, 0.1) is 11.8 Å². The van der Waals surface area contributed by atoms with Crippen LogP contribution in [0.25, 0.3) is 0 Å². The zero-order valence-corrected chi connectivity index (χ0v) is 14.1. The van der Waals surface area contributed by atoms with Gasteiger partial charge in [0.2, 0.25) is 5.91 Å². The van der Waals surface area contributed by atoms with Crippen molar-refractivity contribution in [3.05, 3.63) is 29.8 Å². The summed E-state index contributed by atoms with van der Waals surface area (Å²) in [5.41, 5.74) is 1.29. The Morgan fingerprint density at radius 3 is 2.48 bits per heavy atom. The molecule has 6 heteroatoms. The highest BCUT2D eigenvalue weighted by atomic mass is 16.4. The number of carbonyl (C=O) groups excluding carboxylic acids is 2. The van der Waals surface area contributed by atoms with Gasteiger partial charge in [0.1, 0.15) is 6.04 Å². The normalized spacial score (nSPS) is 28.5. The van der Waals surface area contributed by atoms with Gasteiger partial charge in [0.05, 0.1) is 0 Å². The predicted octanol–water partition coefficient (Wildman–Crippen LogP) is 2.14. The van der Waals surface area contributed by atoms with Crippen LogP contribution in [-0.4, -0.2) is 46.9 Å². The molecule has 2 heterocycles. The summed E-state index contributed by atoms with van der Waals surface area (Å²) in [7, 11) is 0. The van der Waals surface area contributed by atoms with E-state index in [0.29, 0.717) is 31.0 Å². The van der Waals surface area contributed by atoms with Crippen molar-refractivity contribution in [1.29, 1.82) is 0 Å². The lowest BCUT2D eigenvalue weighted by Crippen LogP contribution is -2.43. The van der Waals surface area contributed by atoms with Crippen LogP contribution >= 0.6 is 0 Å². The fourth-order valence-corrected chi connectivity index (χ4v) is 4.70. The van der Waals surface area contributed by atoms with E-state index in [0.717, 1.165) is 31.4 Å². The van der Waals surface area contributed by atoms with Crippen LogP contribution in [-0.2, 0) is 9.59 Å². The standard InChI is InChI=1S/C19H22N2O4/c22-16-5-2-10-20(16)14-8-6-12(7-9-14)18(23)21-11-13-3-1-4-15(13)17(21)19(24)25/h6-9,13,15,17H,1-5,10-11H2,(H,24,25). The minimum Gasteiger partial charge on any atom is -0.480 e. The molecule has 1 aromatic rings. The molecular formula is C19H22N2O4. The molecule has 0 spiro atoms. The van der Waals surface area contributed by atoms with Gasteiger partial charge in [-0.2, -0.15) is 0 Å². The largest absolute Gasteiger partial charge is 0.480 e. The van der Waals surface area contributed by atoms with E-state index in [1.807, 2.05) is 0 Å². The molecular weight excluding hydrogens is 320 g/mol. The summed E-state index contributed by atoms with van der Waals surface area (Å²) in [5, 5.41) is 9.61. The van der Waals surface area contributed by atoms with Crippen molar-refractivity contribution in [3.63, 3.8) is 0 Å². The molecule has 2 saturated heterocycles. The van der Waals surface area contributed by atoms with Crippen LogP contribution in [0.5, 0.6) is 0 Å². The first-order chi connectivity index (χ1) is 12.1. The second-order valence-corrected chi connectivity index (χ2v) is 7.29. The van der Waals surface area contributed by atoms with Gasteiger partial charge in [-0.1, -0.05) is 6.42 Å². The SMILES string of the molecule is O=C(O)C1C2CCCC2CN1C(=O)c1ccc(N2CCCC2=O)cc1. The molecule has 132 valence electrons. The number of anilines is 1. The van der Waals surface area contributed by atoms with Gasteiger partial charge < -0.3 is 14.9 Å². The topological polar surface area (TPSA) is 77.9 Å². The van der Waals surface area contributed by atoms with Crippen molar-refractivity contribution >= 4 is 23.5 Å². The summed E-state index contributed by atoms with van der Waals surface area (Å²) < 4.78 is 0. The molecule has 2 aliphatic heterocycles. The first kappa shape index (κ1) is 16.1. The highest BCUT2D eigenvalue weighted by molar-refractivity contribution is 5.99. The van der Waals surface area contributed by atoms with Crippen molar-refractivity contribution < 1.29 is 19.5 Å². The first-order valence-electron chi connectivity index (χ1n) is 9.00. The van der Waals surface area contributed by atoms with E-state index in [2.05, 4.69) is 0 Å². The Labute approximate surface area is 146 Å². The first-order valence-corrected chi connectivity index (χ1v) is 9.00. The van der Waals surface area contributed by atoms with Crippen LogP contribution in [0.3, 0.4) is 0 Å². The number of nitrogens with zero attached hydrogens (tertiary/aromatic N) is 2. The highest BCUT2D eigenvalue weighted by Gasteiger charge is 2.49. The third kappa shape index (κ3) is 2.69. The lowest BCUT2D eigenvalue weighted by Gasteiger charge is -2.24. The Hall–Kier alpha value is -2.37. The third-order valence-corrected chi connectivity index (χ3v) is 5.90. The summed E-state index contributed by atoms with van der Waals surface area (Å²) in [5.74, 6) is -0.616. The average Bonchev–Trinajstić information content (AvgIpc) is 3.29. The maximum absolute atomic E-state index is 12.9. The van der Waals surface area contributed by atoms with Crippen LogP contribution < -0.4 is 4.90 Å². The number of hydrogen-bond donors (Lipinski definition) is 1. The van der Waals surface area contributed by atoms with Gasteiger partial charge in [-0.15, -0.1) is 0 Å². The number of likely N-dealkylation sites (tertiary alicyclic amines) is 1. The number of benzene rings is 1. The van der Waals surface area contributed by atoms with Crippen molar-refractivity contribution in [3.8, 4) is 0 Å². The van der Waals surface area contributed by atoms with E-state index in [-0.39, 0.29) is 17.7 Å². The van der Waals surface area contributed by atoms with Gasteiger partial charge in [-0.05, 0) is 55.4 Å². The molecule has 25 heavy (non-hydrogen) atoms. The molecule has 3 atom stereocenters. The molecule has 0 bridgehead atoms. The molecule has 0 aromatic heterocycles. The van der Waals surface area contributed by atoms with Gasteiger partial charge in [0.15, 0.2) is 0 Å². The Morgan fingerprint density at radius 1 is 1.08 bits per heavy atom. The van der Waals surface area contributed by atoms with Gasteiger partial charge in [-0.25, -0.2) is 4.79 Å². The zero-order chi connectivity index (χ0) is 17.6.